The number of pyridine rings is 1. The zero-order valence-corrected chi connectivity index (χ0v) is 14.4. The van der Waals surface area contributed by atoms with Gasteiger partial charge in [0.05, 0.1) is 29.1 Å². The summed E-state index contributed by atoms with van der Waals surface area (Å²) >= 11 is 0. The smallest absolute Gasteiger partial charge is 0.0826 e. The third-order valence-electron chi connectivity index (χ3n) is 4.25. The van der Waals surface area contributed by atoms with E-state index in [1.807, 2.05) is 42.5 Å². The third-order valence-corrected chi connectivity index (χ3v) is 4.25. The van der Waals surface area contributed by atoms with Crippen molar-refractivity contribution in [1.29, 1.82) is 0 Å². The Hall–Kier alpha value is -3.79. The molecule has 0 aliphatic rings. The van der Waals surface area contributed by atoms with E-state index >= 15 is 0 Å². The fourth-order valence-corrected chi connectivity index (χ4v) is 2.97. The van der Waals surface area contributed by atoms with E-state index in [1.54, 1.807) is 18.3 Å². The quantitative estimate of drug-likeness (QED) is 0.522. The number of aliphatic imine (C=N–C) groups is 1. The van der Waals surface area contributed by atoms with Gasteiger partial charge in [-0.15, -0.1) is 0 Å². The predicted molar refractivity (Wildman–Crippen MR) is 105 cm³/mol. The largest absolute Gasteiger partial charge is 0.545 e. The molecule has 1 heterocycles. The second-order valence-corrected chi connectivity index (χ2v) is 6.07. The average Bonchev–Trinajstić information content (AvgIpc) is 2.72. The lowest BCUT2D eigenvalue weighted by Crippen LogP contribution is -2.21. The predicted octanol–water partition coefficient (Wildman–Crippen LogP) is 4.02. The van der Waals surface area contributed by atoms with Gasteiger partial charge < -0.3 is 9.90 Å². The number of aromatic carboxylic acids is 1. The van der Waals surface area contributed by atoms with E-state index in [1.165, 1.54) is 12.1 Å². The van der Waals surface area contributed by atoms with Crippen molar-refractivity contribution in [2.45, 2.75) is 0 Å². The van der Waals surface area contributed by atoms with Gasteiger partial charge in [-0.3, -0.25) is 4.99 Å². The summed E-state index contributed by atoms with van der Waals surface area (Å²) in [5.41, 5.74) is 4.39. The van der Waals surface area contributed by atoms with E-state index in [0.29, 0.717) is 11.4 Å². The molecule has 0 fully saturated rings. The fraction of sp³-hybridized carbons (Fsp3) is 0. The number of hydrogen-bond donors (Lipinski definition) is 0. The van der Waals surface area contributed by atoms with Gasteiger partial charge in [-0.1, -0.05) is 60.7 Å². The summed E-state index contributed by atoms with van der Waals surface area (Å²) in [7, 11) is 0. The minimum Gasteiger partial charge on any atom is -0.545 e. The minimum atomic E-state index is -1.22. The molecular weight excluding hydrogens is 336 g/mol. The van der Waals surface area contributed by atoms with Gasteiger partial charge in [0, 0.05) is 5.39 Å². The molecule has 0 N–H and O–H groups in total. The van der Waals surface area contributed by atoms with Crippen molar-refractivity contribution in [2.75, 3.05) is 0 Å². The highest BCUT2D eigenvalue weighted by Crippen LogP contribution is 2.28. The number of carbonyl (C=O) groups excluding carboxylic acids is 1. The number of nitrogens with zero attached hydrogens (tertiary/aromatic N) is 2. The first-order chi connectivity index (χ1) is 13.2. The van der Waals surface area contributed by atoms with Crippen molar-refractivity contribution in [3.63, 3.8) is 0 Å². The SMILES string of the molecule is O=C([O-])c1cccc(N=Cc2cc(-c3ccccc3)c3ccccc3n2)c1. The summed E-state index contributed by atoms with van der Waals surface area (Å²) in [5.74, 6) is -1.22. The Bertz CT molecular complexity index is 1150. The van der Waals surface area contributed by atoms with E-state index in [4.69, 9.17) is 0 Å². The molecule has 27 heavy (non-hydrogen) atoms. The fourth-order valence-electron chi connectivity index (χ4n) is 2.97. The first-order valence-electron chi connectivity index (χ1n) is 8.51. The van der Waals surface area contributed by atoms with Gasteiger partial charge in [0.25, 0.3) is 0 Å². The molecule has 0 radical (unpaired) electrons. The number of carbonyl (C=O) groups is 1. The van der Waals surface area contributed by atoms with Crippen LogP contribution < -0.4 is 5.11 Å². The Labute approximate surface area is 156 Å². The van der Waals surface area contributed by atoms with Gasteiger partial charge in [-0.05, 0) is 41.0 Å². The molecule has 0 bridgehead atoms. The van der Waals surface area contributed by atoms with E-state index in [2.05, 4.69) is 28.2 Å². The molecule has 1 aromatic heterocycles. The highest BCUT2D eigenvalue weighted by molar-refractivity contribution is 5.98. The Morgan fingerprint density at radius 1 is 0.889 bits per heavy atom. The van der Waals surface area contributed by atoms with Gasteiger partial charge in [0.1, 0.15) is 0 Å². The van der Waals surface area contributed by atoms with Crippen molar-refractivity contribution >= 4 is 28.8 Å². The molecule has 0 saturated heterocycles. The molecule has 4 nitrogen and oxygen atoms in total. The van der Waals surface area contributed by atoms with E-state index in [9.17, 15) is 9.90 Å². The Balaban J connectivity index is 1.79. The van der Waals surface area contributed by atoms with Crippen LogP contribution in [0.25, 0.3) is 22.0 Å². The van der Waals surface area contributed by atoms with Crippen LogP contribution in [0.3, 0.4) is 0 Å². The van der Waals surface area contributed by atoms with Crippen molar-refractivity contribution < 1.29 is 9.90 Å². The molecule has 0 amide bonds. The van der Waals surface area contributed by atoms with E-state index in [0.717, 1.165) is 22.0 Å². The molecule has 0 unspecified atom stereocenters. The van der Waals surface area contributed by atoms with Crippen LogP contribution >= 0.6 is 0 Å². The van der Waals surface area contributed by atoms with Gasteiger partial charge in [0.2, 0.25) is 0 Å². The van der Waals surface area contributed by atoms with Crippen LogP contribution in [-0.2, 0) is 0 Å². The normalized spacial score (nSPS) is 11.1. The number of hydrogen-bond acceptors (Lipinski definition) is 4. The lowest BCUT2D eigenvalue weighted by molar-refractivity contribution is -0.255. The van der Waals surface area contributed by atoms with Gasteiger partial charge in [-0.25, -0.2) is 4.98 Å². The molecule has 130 valence electrons. The third kappa shape index (κ3) is 3.60. The number of aromatic nitrogens is 1. The maximum absolute atomic E-state index is 11.0. The summed E-state index contributed by atoms with van der Waals surface area (Å²) in [6.45, 7) is 0. The molecular formula is C23H15N2O2-. The van der Waals surface area contributed by atoms with Gasteiger partial charge >= 0.3 is 0 Å². The molecule has 4 heteroatoms. The van der Waals surface area contributed by atoms with Crippen LogP contribution in [0, 0.1) is 0 Å². The lowest BCUT2D eigenvalue weighted by atomic mass is 10.0. The van der Waals surface area contributed by atoms with Crippen LogP contribution in [0.2, 0.25) is 0 Å². The number of carboxylic acids is 1. The molecule has 0 aliphatic carbocycles. The lowest BCUT2D eigenvalue weighted by Gasteiger charge is -2.08. The zero-order chi connectivity index (χ0) is 18.6. The minimum absolute atomic E-state index is 0.0982. The molecule has 0 atom stereocenters. The Kier molecular flexibility index (Phi) is 4.45. The second kappa shape index (κ2) is 7.22. The summed E-state index contributed by atoms with van der Waals surface area (Å²) in [6, 6.07) is 26.4. The first kappa shape index (κ1) is 16.7. The van der Waals surface area contributed by atoms with Crippen molar-refractivity contribution in [3.05, 3.63) is 96.2 Å². The summed E-state index contributed by atoms with van der Waals surface area (Å²) in [5, 5.41) is 12.1. The Morgan fingerprint density at radius 3 is 2.48 bits per heavy atom. The standard InChI is InChI=1S/C23H16N2O2/c26-23(27)17-9-6-10-18(13-17)24-15-19-14-21(16-7-2-1-3-8-16)20-11-4-5-12-22(20)25-19/h1-15H,(H,26,27)/p-1. The topological polar surface area (TPSA) is 65.4 Å². The highest BCUT2D eigenvalue weighted by atomic mass is 16.4. The maximum Gasteiger partial charge on any atom is 0.0826 e. The van der Waals surface area contributed by atoms with Crippen LogP contribution in [0.1, 0.15) is 16.1 Å². The van der Waals surface area contributed by atoms with Crippen LogP contribution in [0.15, 0.2) is 89.9 Å². The molecule has 0 saturated carbocycles. The average molecular weight is 351 g/mol. The molecule has 0 aliphatic heterocycles. The highest BCUT2D eigenvalue weighted by Gasteiger charge is 2.06. The summed E-state index contributed by atoms with van der Waals surface area (Å²) in [4.78, 5) is 20.0. The maximum atomic E-state index is 11.0. The summed E-state index contributed by atoms with van der Waals surface area (Å²) < 4.78 is 0. The number of para-hydroxylation sites is 1. The zero-order valence-electron chi connectivity index (χ0n) is 14.4. The second-order valence-electron chi connectivity index (χ2n) is 6.07. The van der Waals surface area contributed by atoms with E-state index < -0.39 is 5.97 Å². The summed E-state index contributed by atoms with van der Waals surface area (Å²) in [6.07, 6.45) is 1.65. The molecule has 3 aromatic carbocycles. The monoisotopic (exact) mass is 351 g/mol. The molecule has 4 aromatic rings. The molecule has 0 spiro atoms. The van der Waals surface area contributed by atoms with Crippen molar-refractivity contribution in [3.8, 4) is 11.1 Å². The number of rotatable bonds is 4. The van der Waals surface area contributed by atoms with Crippen molar-refractivity contribution in [2.24, 2.45) is 4.99 Å². The van der Waals surface area contributed by atoms with Crippen LogP contribution in [0.5, 0.6) is 0 Å². The number of benzene rings is 3. The van der Waals surface area contributed by atoms with E-state index in [-0.39, 0.29) is 5.56 Å². The number of fused-ring (bicyclic) bond motifs is 1. The van der Waals surface area contributed by atoms with Gasteiger partial charge in [0.15, 0.2) is 0 Å². The van der Waals surface area contributed by atoms with Crippen LogP contribution in [-0.4, -0.2) is 17.2 Å². The van der Waals surface area contributed by atoms with Crippen LogP contribution in [0.4, 0.5) is 5.69 Å². The number of carboxylic acid groups (broad SMARTS) is 1. The van der Waals surface area contributed by atoms with Crippen molar-refractivity contribution in [1.82, 2.24) is 4.98 Å². The van der Waals surface area contributed by atoms with Gasteiger partial charge in [-0.2, -0.15) is 0 Å². The first-order valence-corrected chi connectivity index (χ1v) is 8.51. The molecule has 4 rings (SSSR count). The Morgan fingerprint density at radius 2 is 1.67 bits per heavy atom.